The molecule has 0 N–H and O–H groups in total. The third kappa shape index (κ3) is 5.72. The molecule has 108 valence electrons. The van der Waals surface area contributed by atoms with Crippen molar-refractivity contribution in [3.8, 4) is 11.5 Å². The van der Waals surface area contributed by atoms with E-state index in [-0.39, 0.29) is 13.0 Å². The molecule has 0 saturated heterocycles. The second kappa shape index (κ2) is 7.62. The van der Waals surface area contributed by atoms with Gasteiger partial charge in [-0.2, -0.15) is 13.2 Å². The Morgan fingerprint density at radius 3 is 2.53 bits per heavy atom. The van der Waals surface area contributed by atoms with Gasteiger partial charge in [0, 0.05) is 17.3 Å². The fourth-order valence-electron chi connectivity index (χ4n) is 1.55. The van der Waals surface area contributed by atoms with Gasteiger partial charge in [-0.15, -0.1) is 0 Å². The summed E-state index contributed by atoms with van der Waals surface area (Å²) in [6.07, 6.45) is -5.04. The molecular formula is C13H16BrF3O2. The number of ether oxygens (including phenoxy) is 2. The normalized spacial score (nSPS) is 11.4. The molecule has 1 aromatic rings. The summed E-state index contributed by atoms with van der Waals surface area (Å²) in [7, 11) is 0. The van der Waals surface area contributed by atoms with Gasteiger partial charge in [-0.25, -0.2) is 0 Å². The molecule has 0 spiro atoms. The summed E-state index contributed by atoms with van der Waals surface area (Å²) in [4.78, 5) is 0. The second-order valence-electron chi connectivity index (χ2n) is 3.88. The van der Waals surface area contributed by atoms with E-state index in [2.05, 4.69) is 15.9 Å². The summed E-state index contributed by atoms with van der Waals surface area (Å²) < 4.78 is 47.0. The van der Waals surface area contributed by atoms with Gasteiger partial charge in [-0.3, -0.25) is 0 Å². The molecule has 2 nitrogen and oxygen atoms in total. The Morgan fingerprint density at radius 2 is 1.95 bits per heavy atom. The Labute approximate surface area is 119 Å². The lowest BCUT2D eigenvalue weighted by atomic mass is 10.2. The molecule has 0 bridgehead atoms. The Bertz CT molecular complexity index is 394. The van der Waals surface area contributed by atoms with Gasteiger partial charge in [0.25, 0.3) is 0 Å². The first-order chi connectivity index (χ1) is 8.98. The predicted octanol–water partition coefficient (Wildman–Crippen LogP) is 4.70. The molecule has 0 saturated carbocycles. The molecule has 0 atom stereocenters. The molecule has 0 aliphatic rings. The predicted molar refractivity (Wildman–Crippen MR) is 71.0 cm³/mol. The summed E-state index contributed by atoms with van der Waals surface area (Å²) in [5.74, 6) is 1.08. The fraction of sp³-hybridized carbons (Fsp3) is 0.538. The van der Waals surface area contributed by atoms with Crippen LogP contribution in [-0.2, 0) is 5.33 Å². The van der Waals surface area contributed by atoms with Crippen LogP contribution < -0.4 is 9.47 Å². The molecule has 0 amide bonds. The molecule has 0 unspecified atom stereocenters. The van der Waals surface area contributed by atoms with E-state index >= 15 is 0 Å². The minimum Gasteiger partial charge on any atom is -0.490 e. The minimum atomic E-state index is -4.14. The van der Waals surface area contributed by atoms with Gasteiger partial charge in [0.2, 0.25) is 0 Å². The average Bonchev–Trinajstić information content (AvgIpc) is 2.35. The van der Waals surface area contributed by atoms with Gasteiger partial charge in [0.1, 0.15) is 0 Å². The highest BCUT2D eigenvalue weighted by Crippen LogP contribution is 2.33. The van der Waals surface area contributed by atoms with Crippen LogP contribution in [0.1, 0.15) is 25.3 Å². The van der Waals surface area contributed by atoms with Crippen molar-refractivity contribution in [2.24, 2.45) is 0 Å². The number of hydrogen-bond acceptors (Lipinski definition) is 2. The van der Waals surface area contributed by atoms with Crippen molar-refractivity contribution in [2.45, 2.75) is 31.3 Å². The van der Waals surface area contributed by atoms with Gasteiger partial charge in [0.05, 0.1) is 13.2 Å². The Kier molecular flexibility index (Phi) is 6.48. The Balaban J connectivity index is 2.64. The maximum Gasteiger partial charge on any atom is 0.389 e. The second-order valence-corrected chi connectivity index (χ2v) is 4.44. The standard InChI is InChI=1S/C13H16BrF3O2/c1-2-18-11-6-3-5-10(9-14)12(11)19-8-4-7-13(15,16)17/h3,5-6H,2,4,7-9H2,1H3. The molecule has 0 aromatic heterocycles. The van der Waals surface area contributed by atoms with Crippen molar-refractivity contribution >= 4 is 15.9 Å². The number of rotatable bonds is 7. The molecule has 1 rings (SSSR count). The van der Waals surface area contributed by atoms with Crippen LogP contribution in [0.2, 0.25) is 0 Å². The zero-order valence-corrected chi connectivity index (χ0v) is 12.2. The van der Waals surface area contributed by atoms with Crippen LogP contribution in [0.5, 0.6) is 11.5 Å². The highest BCUT2D eigenvalue weighted by Gasteiger charge is 2.26. The third-order valence-corrected chi connectivity index (χ3v) is 2.96. The van der Waals surface area contributed by atoms with Crippen LogP contribution in [0, 0.1) is 0 Å². The summed E-state index contributed by atoms with van der Waals surface area (Å²) in [6.45, 7) is 2.34. The average molecular weight is 341 g/mol. The molecule has 0 aliphatic heterocycles. The van der Waals surface area contributed by atoms with Crippen molar-refractivity contribution in [1.82, 2.24) is 0 Å². The van der Waals surface area contributed by atoms with Gasteiger partial charge in [0.15, 0.2) is 11.5 Å². The van der Waals surface area contributed by atoms with Gasteiger partial charge >= 0.3 is 6.18 Å². The van der Waals surface area contributed by atoms with Crippen molar-refractivity contribution in [3.05, 3.63) is 23.8 Å². The van der Waals surface area contributed by atoms with Crippen LogP contribution in [0.25, 0.3) is 0 Å². The summed E-state index contributed by atoms with van der Waals surface area (Å²) >= 11 is 3.32. The van der Waals surface area contributed by atoms with Crippen LogP contribution in [0.4, 0.5) is 13.2 Å². The van der Waals surface area contributed by atoms with E-state index in [1.165, 1.54) is 0 Å². The van der Waals surface area contributed by atoms with Gasteiger partial charge in [-0.1, -0.05) is 28.1 Å². The minimum absolute atomic E-state index is 0.0175. The molecular weight excluding hydrogens is 325 g/mol. The first-order valence-corrected chi connectivity index (χ1v) is 7.10. The molecule has 6 heteroatoms. The molecule has 0 fully saturated rings. The third-order valence-electron chi connectivity index (χ3n) is 2.36. The zero-order chi connectivity index (χ0) is 14.3. The van der Waals surface area contributed by atoms with Crippen LogP contribution in [0.3, 0.4) is 0 Å². The lowest BCUT2D eigenvalue weighted by Crippen LogP contribution is -2.10. The summed E-state index contributed by atoms with van der Waals surface area (Å²) in [6, 6.07) is 5.41. The summed E-state index contributed by atoms with van der Waals surface area (Å²) in [5.41, 5.74) is 0.859. The first-order valence-electron chi connectivity index (χ1n) is 5.98. The highest BCUT2D eigenvalue weighted by molar-refractivity contribution is 9.08. The van der Waals surface area contributed by atoms with Crippen molar-refractivity contribution in [2.75, 3.05) is 13.2 Å². The van der Waals surface area contributed by atoms with E-state index in [1.807, 2.05) is 19.1 Å². The van der Waals surface area contributed by atoms with Crippen LogP contribution in [-0.4, -0.2) is 19.4 Å². The quantitative estimate of drug-likeness (QED) is 0.529. The molecule has 19 heavy (non-hydrogen) atoms. The number of alkyl halides is 4. The molecule has 0 heterocycles. The van der Waals surface area contributed by atoms with Crippen LogP contribution in [0.15, 0.2) is 18.2 Å². The number of hydrogen-bond donors (Lipinski definition) is 0. The maximum absolute atomic E-state index is 12.0. The van der Waals surface area contributed by atoms with Crippen molar-refractivity contribution in [3.63, 3.8) is 0 Å². The SMILES string of the molecule is CCOc1cccc(CBr)c1OCCCC(F)(F)F. The molecule has 0 aliphatic carbocycles. The highest BCUT2D eigenvalue weighted by atomic mass is 79.9. The maximum atomic E-state index is 12.0. The number of halogens is 4. The lowest BCUT2D eigenvalue weighted by molar-refractivity contribution is -0.136. The van der Waals surface area contributed by atoms with E-state index in [9.17, 15) is 13.2 Å². The topological polar surface area (TPSA) is 18.5 Å². The number of para-hydroxylation sites is 1. The molecule has 1 aromatic carbocycles. The fourth-order valence-corrected chi connectivity index (χ4v) is 1.99. The first kappa shape index (κ1) is 16.1. The van der Waals surface area contributed by atoms with E-state index in [4.69, 9.17) is 9.47 Å². The van der Waals surface area contributed by atoms with Crippen LogP contribution >= 0.6 is 15.9 Å². The largest absolute Gasteiger partial charge is 0.490 e. The van der Waals surface area contributed by atoms with E-state index in [1.54, 1.807) is 6.07 Å². The smallest absolute Gasteiger partial charge is 0.389 e. The monoisotopic (exact) mass is 340 g/mol. The Morgan fingerprint density at radius 1 is 1.21 bits per heavy atom. The summed E-state index contributed by atoms with van der Waals surface area (Å²) in [5, 5.41) is 0.558. The molecule has 0 radical (unpaired) electrons. The van der Waals surface area contributed by atoms with Gasteiger partial charge < -0.3 is 9.47 Å². The number of benzene rings is 1. The van der Waals surface area contributed by atoms with Crippen molar-refractivity contribution in [1.29, 1.82) is 0 Å². The van der Waals surface area contributed by atoms with E-state index < -0.39 is 12.6 Å². The van der Waals surface area contributed by atoms with Crippen molar-refractivity contribution < 1.29 is 22.6 Å². The zero-order valence-electron chi connectivity index (χ0n) is 10.6. The van der Waals surface area contributed by atoms with E-state index in [0.29, 0.717) is 23.4 Å². The lowest BCUT2D eigenvalue weighted by Gasteiger charge is -2.15. The van der Waals surface area contributed by atoms with E-state index in [0.717, 1.165) is 5.56 Å². The van der Waals surface area contributed by atoms with Gasteiger partial charge in [-0.05, 0) is 19.4 Å². The Hall–Kier alpha value is -0.910.